The van der Waals surface area contributed by atoms with Crippen LogP contribution < -0.4 is 5.73 Å². The summed E-state index contributed by atoms with van der Waals surface area (Å²) >= 11 is 5.51. The van der Waals surface area contributed by atoms with E-state index in [4.69, 9.17) is 17.3 Å². The summed E-state index contributed by atoms with van der Waals surface area (Å²) in [5.74, 6) is 0. The fourth-order valence-electron chi connectivity index (χ4n) is 0.607. The van der Waals surface area contributed by atoms with Crippen LogP contribution in [0.3, 0.4) is 0 Å². The molecule has 58 valence electrons. The number of nitrogens with zero attached hydrogens (tertiary/aromatic N) is 3. The van der Waals surface area contributed by atoms with Crippen LogP contribution in [-0.2, 0) is 0 Å². The number of nitrogens with two attached hydrogens (primary N) is 1. The van der Waals surface area contributed by atoms with Crippen LogP contribution in [0.2, 0.25) is 5.28 Å². The standard InChI is InChI=1S/C6H7ClN4/c1-9-3-5-4(8)2-10-6(7)11-5/h2-3H,8H2,1H3/b9-3-. The summed E-state index contributed by atoms with van der Waals surface area (Å²) < 4.78 is 0. The van der Waals surface area contributed by atoms with Crippen LogP contribution in [-0.4, -0.2) is 23.2 Å². The molecule has 0 aliphatic rings. The molecule has 0 aliphatic heterocycles. The van der Waals surface area contributed by atoms with Crippen LogP contribution in [0, 0.1) is 0 Å². The Kier molecular flexibility index (Phi) is 2.38. The molecule has 1 heterocycles. The molecule has 0 unspecified atom stereocenters. The van der Waals surface area contributed by atoms with E-state index in [1.807, 2.05) is 0 Å². The van der Waals surface area contributed by atoms with Gasteiger partial charge in [-0.15, -0.1) is 0 Å². The fraction of sp³-hybridized carbons (Fsp3) is 0.167. The lowest BCUT2D eigenvalue weighted by molar-refractivity contribution is 1.16. The number of hydrogen-bond donors (Lipinski definition) is 1. The van der Waals surface area contributed by atoms with Crippen molar-refractivity contribution in [2.45, 2.75) is 0 Å². The van der Waals surface area contributed by atoms with Crippen LogP contribution in [0.5, 0.6) is 0 Å². The second kappa shape index (κ2) is 3.30. The predicted molar refractivity (Wildman–Crippen MR) is 45.0 cm³/mol. The number of rotatable bonds is 1. The van der Waals surface area contributed by atoms with Crippen LogP contribution in [0.1, 0.15) is 5.69 Å². The van der Waals surface area contributed by atoms with Gasteiger partial charge >= 0.3 is 0 Å². The van der Waals surface area contributed by atoms with E-state index in [2.05, 4.69) is 15.0 Å². The first-order valence-corrected chi connectivity index (χ1v) is 3.32. The van der Waals surface area contributed by atoms with E-state index in [-0.39, 0.29) is 5.28 Å². The molecule has 0 radical (unpaired) electrons. The minimum absolute atomic E-state index is 0.175. The Morgan fingerprint density at radius 1 is 1.73 bits per heavy atom. The van der Waals surface area contributed by atoms with Crippen molar-refractivity contribution in [1.82, 2.24) is 9.97 Å². The van der Waals surface area contributed by atoms with Gasteiger partial charge in [-0.05, 0) is 11.6 Å². The Bertz CT molecular complexity index is 284. The number of aromatic nitrogens is 2. The average Bonchev–Trinajstić information content (AvgIpc) is 1.98. The second-order valence-electron chi connectivity index (χ2n) is 1.87. The third-order valence-electron chi connectivity index (χ3n) is 1.07. The number of hydrogen-bond acceptors (Lipinski definition) is 4. The van der Waals surface area contributed by atoms with Gasteiger partial charge in [-0.3, -0.25) is 4.99 Å². The van der Waals surface area contributed by atoms with E-state index in [0.717, 1.165) is 0 Å². The van der Waals surface area contributed by atoms with E-state index in [1.54, 1.807) is 7.05 Å². The minimum Gasteiger partial charge on any atom is -0.396 e. The predicted octanol–water partition coefficient (Wildman–Crippen LogP) is 0.761. The van der Waals surface area contributed by atoms with Gasteiger partial charge in [-0.1, -0.05) is 0 Å². The van der Waals surface area contributed by atoms with Crippen molar-refractivity contribution in [3.05, 3.63) is 17.2 Å². The van der Waals surface area contributed by atoms with Crippen LogP contribution in [0.4, 0.5) is 5.69 Å². The Balaban J connectivity index is 3.12. The zero-order valence-corrected chi connectivity index (χ0v) is 6.71. The largest absolute Gasteiger partial charge is 0.396 e. The molecule has 11 heavy (non-hydrogen) atoms. The van der Waals surface area contributed by atoms with Crippen molar-refractivity contribution in [3.8, 4) is 0 Å². The third-order valence-corrected chi connectivity index (χ3v) is 1.25. The van der Waals surface area contributed by atoms with Gasteiger partial charge in [0, 0.05) is 13.3 Å². The summed E-state index contributed by atoms with van der Waals surface area (Å²) in [5, 5.41) is 0.175. The Morgan fingerprint density at radius 2 is 2.45 bits per heavy atom. The molecular weight excluding hydrogens is 164 g/mol. The van der Waals surface area contributed by atoms with Crippen molar-refractivity contribution in [2.24, 2.45) is 4.99 Å². The van der Waals surface area contributed by atoms with Crippen molar-refractivity contribution in [3.63, 3.8) is 0 Å². The number of aliphatic imine (C=N–C) groups is 1. The molecule has 0 aliphatic carbocycles. The van der Waals surface area contributed by atoms with Crippen molar-refractivity contribution in [1.29, 1.82) is 0 Å². The van der Waals surface area contributed by atoms with E-state index >= 15 is 0 Å². The number of anilines is 1. The maximum Gasteiger partial charge on any atom is 0.223 e. The topological polar surface area (TPSA) is 64.2 Å². The lowest BCUT2D eigenvalue weighted by atomic mass is 10.4. The summed E-state index contributed by atoms with van der Waals surface area (Å²) in [6.45, 7) is 0. The maximum atomic E-state index is 5.51. The maximum absolute atomic E-state index is 5.51. The van der Waals surface area contributed by atoms with Crippen molar-refractivity contribution < 1.29 is 0 Å². The van der Waals surface area contributed by atoms with Crippen LogP contribution in [0.25, 0.3) is 0 Å². The van der Waals surface area contributed by atoms with E-state index < -0.39 is 0 Å². The lowest BCUT2D eigenvalue weighted by Crippen LogP contribution is -1.98. The van der Waals surface area contributed by atoms with Gasteiger partial charge in [0.15, 0.2) is 0 Å². The number of halogens is 1. The lowest BCUT2D eigenvalue weighted by Gasteiger charge is -1.96. The highest BCUT2D eigenvalue weighted by molar-refractivity contribution is 6.28. The molecule has 1 aromatic heterocycles. The first kappa shape index (κ1) is 7.94. The molecule has 0 fully saturated rings. The zero-order valence-electron chi connectivity index (χ0n) is 5.95. The third kappa shape index (κ3) is 1.88. The SMILES string of the molecule is C/N=C\c1nc(Cl)ncc1N. The molecule has 5 heteroatoms. The van der Waals surface area contributed by atoms with E-state index in [1.165, 1.54) is 12.4 Å². The highest BCUT2D eigenvalue weighted by Crippen LogP contribution is 2.07. The summed E-state index contributed by atoms with van der Waals surface area (Å²) in [6, 6.07) is 0. The Labute approximate surface area is 69.1 Å². The van der Waals surface area contributed by atoms with Gasteiger partial charge in [-0.2, -0.15) is 0 Å². The average molecular weight is 171 g/mol. The number of nitrogen functional groups attached to an aromatic ring is 1. The summed E-state index contributed by atoms with van der Waals surface area (Å²) in [4.78, 5) is 11.3. The molecule has 1 aromatic rings. The van der Waals surface area contributed by atoms with Crippen molar-refractivity contribution >= 4 is 23.5 Å². The van der Waals surface area contributed by atoms with Gasteiger partial charge in [0.25, 0.3) is 0 Å². The molecule has 0 bridgehead atoms. The zero-order chi connectivity index (χ0) is 8.27. The normalized spacial score (nSPS) is 10.7. The van der Waals surface area contributed by atoms with E-state index in [0.29, 0.717) is 11.4 Å². The molecule has 0 atom stereocenters. The van der Waals surface area contributed by atoms with Crippen molar-refractivity contribution in [2.75, 3.05) is 12.8 Å². The molecular formula is C6H7ClN4. The van der Waals surface area contributed by atoms with E-state index in [9.17, 15) is 0 Å². The molecule has 0 saturated heterocycles. The van der Waals surface area contributed by atoms with Crippen LogP contribution >= 0.6 is 11.6 Å². The van der Waals surface area contributed by atoms with Gasteiger partial charge < -0.3 is 5.73 Å². The monoisotopic (exact) mass is 170 g/mol. The van der Waals surface area contributed by atoms with Crippen LogP contribution in [0.15, 0.2) is 11.2 Å². The smallest absolute Gasteiger partial charge is 0.223 e. The Hall–Kier alpha value is -1.16. The fourth-order valence-corrected chi connectivity index (χ4v) is 0.747. The van der Waals surface area contributed by atoms with Gasteiger partial charge in [0.1, 0.15) is 5.69 Å². The molecule has 0 aromatic carbocycles. The molecule has 0 saturated carbocycles. The highest BCUT2D eigenvalue weighted by atomic mass is 35.5. The minimum atomic E-state index is 0.175. The Morgan fingerprint density at radius 3 is 3.09 bits per heavy atom. The summed E-state index contributed by atoms with van der Waals surface area (Å²) in [5.41, 5.74) is 6.52. The summed E-state index contributed by atoms with van der Waals surface area (Å²) in [7, 11) is 1.63. The molecule has 2 N–H and O–H groups in total. The molecule has 0 spiro atoms. The molecule has 4 nitrogen and oxygen atoms in total. The first-order valence-electron chi connectivity index (χ1n) is 2.94. The van der Waals surface area contributed by atoms with Gasteiger partial charge in [0.2, 0.25) is 5.28 Å². The quantitative estimate of drug-likeness (QED) is 0.500. The summed E-state index contributed by atoms with van der Waals surface area (Å²) in [6.07, 6.45) is 2.98. The molecule has 0 amide bonds. The first-order chi connectivity index (χ1) is 5.24. The van der Waals surface area contributed by atoms with Gasteiger partial charge in [0.05, 0.1) is 11.9 Å². The van der Waals surface area contributed by atoms with Gasteiger partial charge in [-0.25, -0.2) is 9.97 Å². The second-order valence-corrected chi connectivity index (χ2v) is 2.20. The molecule has 1 rings (SSSR count). The highest BCUT2D eigenvalue weighted by Gasteiger charge is 1.98.